The van der Waals surface area contributed by atoms with E-state index in [-0.39, 0.29) is 11.9 Å². The van der Waals surface area contributed by atoms with Crippen molar-refractivity contribution in [3.05, 3.63) is 89.5 Å². The molecule has 5 rings (SSSR count). The van der Waals surface area contributed by atoms with Crippen LogP contribution in [0.25, 0.3) is 0 Å². The highest BCUT2D eigenvalue weighted by Crippen LogP contribution is 2.32. The predicted molar refractivity (Wildman–Crippen MR) is 130 cm³/mol. The van der Waals surface area contributed by atoms with Crippen LogP contribution in [-0.4, -0.2) is 43.2 Å². The van der Waals surface area contributed by atoms with E-state index in [1.807, 2.05) is 41.3 Å². The van der Waals surface area contributed by atoms with Gasteiger partial charge in [-0.1, -0.05) is 42.0 Å². The fraction of sp³-hybridized carbons (Fsp3) is 0.321. The maximum absolute atomic E-state index is 13.5. The van der Waals surface area contributed by atoms with Crippen LogP contribution in [-0.2, 0) is 6.54 Å². The fourth-order valence-electron chi connectivity index (χ4n) is 4.70. The minimum atomic E-state index is 0.0738. The van der Waals surface area contributed by atoms with Crippen LogP contribution in [0.5, 0.6) is 11.5 Å². The number of ether oxygens (including phenoxy) is 2. The number of likely N-dealkylation sites (tertiary alicyclic amines) is 1. The van der Waals surface area contributed by atoms with E-state index in [0.29, 0.717) is 13.2 Å². The molecule has 0 bridgehead atoms. The first-order valence-electron chi connectivity index (χ1n) is 11.7. The number of hydrogen-bond acceptors (Lipinski definition) is 4. The topological polar surface area (TPSA) is 42.0 Å². The summed E-state index contributed by atoms with van der Waals surface area (Å²) in [6, 6.07) is 24.3. The van der Waals surface area contributed by atoms with Crippen molar-refractivity contribution in [1.82, 2.24) is 4.90 Å². The van der Waals surface area contributed by atoms with E-state index in [9.17, 15) is 4.79 Å². The molecule has 2 heterocycles. The number of anilines is 1. The van der Waals surface area contributed by atoms with Crippen LogP contribution >= 0.6 is 0 Å². The van der Waals surface area contributed by atoms with Gasteiger partial charge in [0.25, 0.3) is 5.91 Å². The summed E-state index contributed by atoms with van der Waals surface area (Å²) in [6.45, 7) is 6.06. The number of nitrogens with zero attached hydrogens (tertiary/aromatic N) is 2. The maximum Gasteiger partial charge on any atom is 0.258 e. The Morgan fingerprint density at radius 3 is 2.33 bits per heavy atom. The Labute approximate surface area is 195 Å². The first kappa shape index (κ1) is 21.5. The quantitative estimate of drug-likeness (QED) is 0.553. The highest BCUT2D eigenvalue weighted by molar-refractivity contribution is 6.06. The van der Waals surface area contributed by atoms with Gasteiger partial charge in [-0.3, -0.25) is 9.69 Å². The lowest BCUT2D eigenvalue weighted by Gasteiger charge is -2.39. The molecule has 1 fully saturated rings. The Hall–Kier alpha value is -3.31. The number of amides is 1. The van der Waals surface area contributed by atoms with Gasteiger partial charge in [-0.15, -0.1) is 0 Å². The Balaban J connectivity index is 1.29. The molecule has 170 valence electrons. The Morgan fingerprint density at radius 1 is 0.909 bits per heavy atom. The summed E-state index contributed by atoms with van der Waals surface area (Å²) in [7, 11) is 0. The highest BCUT2D eigenvalue weighted by Gasteiger charge is 2.30. The lowest BCUT2D eigenvalue weighted by Crippen LogP contribution is -2.47. The summed E-state index contributed by atoms with van der Waals surface area (Å²) < 4.78 is 11.4. The SMILES string of the molecule is Cc1ccc(N(C(=O)c2ccccc2)C2CCN(Cc3ccc4c(c3)OCCO4)CC2)cc1. The van der Waals surface area contributed by atoms with Gasteiger partial charge in [0.1, 0.15) is 13.2 Å². The van der Waals surface area contributed by atoms with E-state index in [1.54, 1.807) is 0 Å². The number of carbonyl (C=O) groups is 1. The van der Waals surface area contributed by atoms with Crippen LogP contribution in [0.3, 0.4) is 0 Å². The molecule has 1 saturated heterocycles. The molecule has 2 aliphatic heterocycles. The molecule has 2 aliphatic rings. The first-order chi connectivity index (χ1) is 16.2. The molecule has 0 aliphatic carbocycles. The second-order valence-corrected chi connectivity index (χ2v) is 8.86. The first-order valence-corrected chi connectivity index (χ1v) is 11.7. The third kappa shape index (κ3) is 4.88. The molecule has 1 amide bonds. The van der Waals surface area contributed by atoms with Gasteiger partial charge in [0, 0.05) is 36.9 Å². The molecule has 5 nitrogen and oxygen atoms in total. The normalized spacial score (nSPS) is 16.4. The minimum Gasteiger partial charge on any atom is -0.486 e. The maximum atomic E-state index is 13.5. The van der Waals surface area contributed by atoms with E-state index >= 15 is 0 Å². The molecule has 0 N–H and O–H groups in total. The van der Waals surface area contributed by atoms with Crippen molar-refractivity contribution in [1.29, 1.82) is 0 Å². The number of benzene rings is 3. The molecule has 33 heavy (non-hydrogen) atoms. The lowest BCUT2D eigenvalue weighted by atomic mass is 10.00. The van der Waals surface area contributed by atoms with Crippen LogP contribution in [0.15, 0.2) is 72.8 Å². The number of fused-ring (bicyclic) bond motifs is 1. The van der Waals surface area contributed by atoms with Crippen molar-refractivity contribution in [2.75, 3.05) is 31.2 Å². The number of piperidine rings is 1. The molecule has 5 heteroatoms. The summed E-state index contributed by atoms with van der Waals surface area (Å²) in [5.74, 6) is 1.74. The zero-order valence-corrected chi connectivity index (χ0v) is 19.1. The van der Waals surface area contributed by atoms with Crippen LogP contribution < -0.4 is 14.4 Å². The molecule has 0 atom stereocenters. The average molecular weight is 443 g/mol. The van der Waals surface area contributed by atoms with E-state index in [4.69, 9.17) is 9.47 Å². The second-order valence-electron chi connectivity index (χ2n) is 8.86. The molecule has 0 saturated carbocycles. The van der Waals surface area contributed by atoms with Crippen LogP contribution in [0.1, 0.15) is 34.3 Å². The lowest BCUT2D eigenvalue weighted by molar-refractivity contribution is 0.0958. The summed E-state index contributed by atoms with van der Waals surface area (Å²) in [5, 5.41) is 0. The van der Waals surface area contributed by atoms with Crippen LogP contribution in [0, 0.1) is 6.92 Å². The largest absolute Gasteiger partial charge is 0.486 e. The van der Waals surface area contributed by atoms with Crippen LogP contribution in [0.4, 0.5) is 5.69 Å². The van der Waals surface area contributed by atoms with Gasteiger partial charge in [0.05, 0.1) is 0 Å². The smallest absolute Gasteiger partial charge is 0.258 e. The minimum absolute atomic E-state index is 0.0738. The Kier molecular flexibility index (Phi) is 6.31. The van der Waals surface area contributed by atoms with Gasteiger partial charge in [0.2, 0.25) is 0 Å². The monoisotopic (exact) mass is 442 g/mol. The number of hydrogen-bond donors (Lipinski definition) is 0. The zero-order valence-electron chi connectivity index (χ0n) is 19.1. The standard InChI is InChI=1S/C28H30N2O3/c1-21-7-10-24(11-8-21)30(28(31)23-5-3-2-4-6-23)25-13-15-29(16-14-25)20-22-9-12-26-27(19-22)33-18-17-32-26/h2-12,19,25H,13-18,20H2,1H3. The van der Waals surface area contributed by atoms with Crippen molar-refractivity contribution in [3.63, 3.8) is 0 Å². The van der Waals surface area contributed by atoms with E-state index < -0.39 is 0 Å². The third-order valence-corrected chi connectivity index (χ3v) is 6.49. The number of carbonyl (C=O) groups excluding carboxylic acids is 1. The van der Waals surface area contributed by atoms with Crippen molar-refractivity contribution in [2.45, 2.75) is 32.4 Å². The van der Waals surface area contributed by atoms with Gasteiger partial charge in [0.15, 0.2) is 11.5 Å². The van der Waals surface area contributed by atoms with Crippen molar-refractivity contribution in [3.8, 4) is 11.5 Å². The molecule has 0 aromatic heterocycles. The average Bonchev–Trinajstić information content (AvgIpc) is 2.87. The third-order valence-electron chi connectivity index (χ3n) is 6.49. The van der Waals surface area contributed by atoms with Crippen molar-refractivity contribution < 1.29 is 14.3 Å². The fourth-order valence-corrected chi connectivity index (χ4v) is 4.70. The predicted octanol–water partition coefficient (Wildman–Crippen LogP) is 5.08. The van der Waals surface area contributed by atoms with Crippen molar-refractivity contribution in [2.24, 2.45) is 0 Å². The summed E-state index contributed by atoms with van der Waals surface area (Å²) in [6.07, 6.45) is 1.88. The van der Waals surface area contributed by atoms with Crippen LogP contribution in [0.2, 0.25) is 0 Å². The molecule has 3 aromatic carbocycles. The van der Waals surface area contributed by atoms with Gasteiger partial charge >= 0.3 is 0 Å². The second kappa shape index (κ2) is 9.67. The Bertz CT molecular complexity index is 1090. The van der Waals surface area contributed by atoms with Gasteiger partial charge in [-0.05, 0) is 61.7 Å². The van der Waals surface area contributed by atoms with E-state index in [2.05, 4.69) is 48.2 Å². The number of aryl methyl sites for hydroxylation is 1. The molecular formula is C28H30N2O3. The molecule has 3 aromatic rings. The molecular weight excluding hydrogens is 412 g/mol. The molecule has 0 unspecified atom stereocenters. The van der Waals surface area contributed by atoms with Gasteiger partial charge < -0.3 is 14.4 Å². The Morgan fingerprint density at radius 2 is 1.61 bits per heavy atom. The number of rotatable bonds is 5. The van der Waals surface area contributed by atoms with E-state index in [0.717, 1.165) is 55.2 Å². The van der Waals surface area contributed by atoms with Gasteiger partial charge in [-0.2, -0.15) is 0 Å². The molecule has 0 radical (unpaired) electrons. The van der Waals surface area contributed by atoms with E-state index in [1.165, 1.54) is 11.1 Å². The summed E-state index contributed by atoms with van der Waals surface area (Å²) >= 11 is 0. The van der Waals surface area contributed by atoms with Gasteiger partial charge in [-0.25, -0.2) is 0 Å². The van der Waals surface area contributed by atoms with Crippen molar-refractivity contribution >= 4 is 11.6 Å². The highest BCUT2D eigenvalue weighted by atomic mass is 16.6. The summed E-state index contributed by atoms with van der Waals surface area (Å²) in [5.41, 5.74) is 4.13. The zero-order chi connectivity index (χ0) is 22.6. The molecule has 0 spiro atoms. The summed E-state index contributed by atoms with van der Waals surface area (Å²) in [4.78, 5) is 18.0.